The van der Waals surface area contributed by atoms with E-state index in [4.69, 9.17) is 4.74 Å². The largest absolute Gasteiger partial charge is 0.465 e. The summed E-state index contributed by atoms with van der Waals surface area (Å²) in [6.45, 7) is 2.36. The van der Waals surface area contributed by atoms with Crippen LogP contribution in [0.3, 0.4) is 0 Å². The Morgan fingerprint density at radius 2 is 1.75 bits per heavy atom. The van der Waals surface area contributed by atoms with Gasteiger partial charge in [-0.1, -0.05) is 18.2 Å². The molecule has 0 saturated carbocycles. The van der Waals surface area contributed by atoms with Gasteiger partial charge in [0, 0.05) is 32.4 Å². The summed E-state index contributed by atoms with van der Waals surface area (Å²) < 4.78 is 4.79. The van der Waals surface area contributed by atoms with Gasteiger partial charge in [0.1, 0.15) is 12.1 Å². The summed E-state index contributed by atoms with van der Waals surface area (Å²) >= 11 is 0. The number of anilines is 4. The van der Waals surface area contributed by atoms with Crippen LogP contribution < -0.4 is 15.1 Å². The Bertz CT molecular complexity index is 1120. The van der Waals surface area contributed by atoms with Gasteiger partial charge in [0.2, 0.25) is 11.6 Å². The number of hydrogen-bond acceptors (Lipinski definition) is 10. The van der Waals surface area contributed by atoms with Crippen molar-refractivity contribution >= 4 is 34.8 Å². The maximum Gasteiger partial charge on any atom is 0.353 e. The number of carbonyl (C=O) groups excluding carboxylic acids is 1. The molecule has 0 amide bonds. The first-order valence-electron chi connectivity index (χ1n) is 9.93. The second-order valence-electron chi connectivity index (χ2n) is 6.98. The number of nitrogens with one attached hydrogen (secondary N) is 1. The molecule has 2 aromatic heterocycles. The predicted octanol–water partition coefficient (Wildman–Crippen LogP) is 2.64. The van der Waals surface area contributed by atoms with Crippen LogP contribution in [0.4, 0.5) is 28.8 Å². The molecule has 0 aliphatic carbocycles. The number of pyridine rings is 1. The number of carbonyl (C=O) groups is 1. The molecule has 11 nitrogen and oxygen atoms in total. The van der Waals surface area contributed by atoms with E-state index >= 15 is 0 Å². The number of benzene rings is 1. The van der Waals surface area contributed by atoms with Crippen molar-refractivity contribution in [3.05, 3.63) is 70.7 Å². The fourth-order valence-corrected chi connectivity index (χ4v) is 3.56. The second-order valence-corrected chi connectivity index (χ2v) is 6.98. The smallest absolute Gasteiger partial charge is 0.353 e. The summed E-state index contributed by atoms with van der Waals surface area (Å²) in [7, 11) is 1.27. The highest BCUT2D eigenvalue weighted by Crippen LogP contribution is 2.35. The van der Waals surface area contributed by atoms with Crippen LogP contribution in [0.15, 0.2) is 55.0 Å². The molecule has 1 aromatic carbocycles. The maximum atomic E-state index is 12.1. The zero-order valence-corrected chi connectivity index (χ0v) is 17.3. The van der Waals surface area contributed by atoms with Crippen LogP contribution in [0.5, 0.6) is 0 Å². The van der Waals surface area contributed by atoms with E-state index in [1.807, 2.05) is 23.1 Å². The van der Waals surface area contributed by atoms with Gasteiger partial charge in [-0.25, -0.2) is 19.7 Å². The Balaban J connectivity index is 1.60. The van der Waals surface area contributed by atoms with E-state index in [0.29, 0.717) is 31.9 Å². The first-order valence-corrected chi connectivity index (χ1v) is 9.93. The average Bonchev–Trinajstić information content (AvgIpc) is 2.84. The zero-order chi connectivity index (χ0) is 22.5. The molecule has 32 heavy (non-hydrogen) atoms. The number of piperazine rings is 1. The first kappa shape index (κ1) is 21.0. The summed E-state index contributed by atoms with van der Waals surface area (Å²) in [5.41, 5.74) is 0.346. The van der Waals surface area contributed by atoms with Crippen LogP contribution in [-0.4, -0.2) is 59.1 Å². The summed E-state index contributed by atoms with van der Waals surface area (Å²) in [6, 6.07) is 12.3. The van der Waals surface area contributed by atoms with Crippen LogP contribution in [-0.2, 0) is 4.74 Å². The molecule has 0 radical (unpaired) electrons. The lowest BCUT2D eigenvalue weighted by atomic mass is 10.1. The number of rotatable bonds is 6. The van der Waals surface area contributed by atoms with E-state index in [2.05, 4.69) is 25.2 Å². The molecule has 1 saturated heterocycles. The third kappa shape index (κ3) is 4.26. The highest BCUT2D eigenvalue weighted by atomic mass is 16.6. The average molecular weight is 435 g/mol. The molecule has 0 atom stereocenters. The summed E-state index contributed by atoms with van der Waals surface area (Å²) in [6.07, 6.45) is 3.01. The second kappa shape index (κ2) is 9.25. The topological polar surface area (TPSA) is 127 Å². The minimum atomic E-state index is -0.560. The van der Waals surface area contributed by atoms with E-state index in [0.717, 1.165) is 5.82 Å². The van der Waals surface area contributed by atoms with Gasteiger partial charge < -0.3 is 19.9 Å². The lowest BCUT2D eigenvalue weighted by Crippen LogP contribution is -2.47. The van der Waals surface area contributed by atoms with Crippen molar-refractivity contribution in [2.24, 2.45) is 0 Å². The number of esters is 1. The van der Waals surface area contributed by atoms with Gasteiger partial charge in [-0.3, -0.25) is 10.1 Å². The molecule has 11 heteroatoms. The third-order valence-corrected chi connectivity index (χ3v) is 5.12. The van der Waals surface area contributed by atoms with Gasteiger partial charge in [0.25, 0.3) is 0 Å². The van der Waals surface area contributed by atoms with Crippen molar-refractivity contribution in [1.29, 1.82) is 0 Å². The molecule has 1 aliphatic heterocycles. The van der Waals surface area contributed by atoms with Crippen molar-refractivity contribution in [2.45, 2.75) is 0 Å². The molecule has 3 heterocycles. The van der Waals surface area contributed by atoms with Crippen molar-refractivity contribution in [3.8, 4) is 0 Å². The Morgan fingerprint density at radius 3 is 2.44 bits per heavy atom. The number of aromatic nitrogens is 3. The normalized spacial score (nSPS) is 13.5. The van der Waals surface area contributed by atoms with Gasteiger partial charge >= 0.3 is 11.7 Å². The van der Waals surface area contributed by atoms with Crippen LogP contribution >= 0.6 is 0 Å². The maximum absolute atomic E-state index is 12.1. The van der Waals surface area contributed by atoms with Crippen molar-refractivity contribution < 1.29 is 14.5 Å². The lowest BCUT2D eigenvalue weighted by molar-refractivity contribution is -0.383. The number of para-hydroxylation sites is 1. The van der Waals surface area contributed by atoms with Gasteiger partial charge in [-0.15, -0.1) is 0 Å². The molecule has 4 rings (SSSR count). The summed E-state index contributed by atoms with van der Waals surface area (Å²) in [5, 5.41) is 14.9. The molecular weight excluding hydrogens is 414 g/mol. The van der Waals surface area contributed by atoms with Crippen LogP contribution in [0.2, 0.25) is 0 Å². The Labute approximate surface area is 183 Å². The Hall–Kier alpha value is -4.28. The van der Waals surface area contributed by atoms with E-state index in [1.165, 1.54) is 13.4 Å². The summed E-state index contributed by atoms with van der Waals surface area (Å²) in [4.78, 5) is 40.2. The summed E-state index contributed by atoms with van der Waals surface area (Å²) in [5.74, 6) is 0.536. The molecule has 1 N–H and O–H groups in total. The first-order chi connectivity index (χ1) is 15.6. The molecule has 3 aromatic rings. The minimum absolute atomic E-state index is 0.00325. The predicted molar refractivity (Wildman–Crippen MR) is 118 cm³/mol. The highest BCUT2D eigenvalue weighted by molar-refractivity contribution is 5.96. The SMILES string of the molecule is COC(=O)c1ccccc1Nc1ncnc(N2CCN(c3ccccn3)CC2)c1[N+](=O)[O-]. The fourth-order valence-electron chi connectivity index (χ4n) is 3.56. The number of ether oxygens (including phenoxy) is 1. The fraction of sp³-hybridized carbons (Fsp3) is 0.238. The molecule has 0 unspecified atom stereocenters. The molecule has 0 bridgehead atoms. The third-order valence-electron chi connectivity index (χ3n) is 5.12. The van der Waals surface area contributed by atoms with Gasteiger partial charge in [0.15, 0.2) is 0 Å². The monoisotopic (exact) mass is 435 g/mol. The number of nitrogens with zero attached hydrogens (tertiary/aromatic N) is 6. The van der Waals surface area contributed by atoms with Crippen LogP contribution in [0, 0.1) is 10.1 Å². The van der Waals surface area contributed by atoms with Crippen LogP contribution in [0.1, 0.15) is 10.4 Å². The standard InChI is InChI=1S/C21H21N7O4/c1-32-21(29)15-6-2-3-7-16(15)25-19-18(28(30)31)20(24-14-23-19)27-12-10-26(11-13-27)17-8-4-5-9-22-17/h2-9,14H,10-13H2,1H3,(H,23,24,25). The van der Waals surface area contributed by atoms with E-state index in [1.54, 1.807) is 30.5 Å². The van der Waals surface area contributed by atoms with Crippen molar-refractivity contribution in [2.75, 3.05) is 48.4 Å². The zero-order valence-electron chi connectivity index (χ0n) is 17.3. The molecule has 1 fully saturated rings. The Morgan fingerprint density at radius 1 is 1.03 bits per heavy atom. The highest BCUT2D eigenvalue weighted by Gasteiger charge is 2.30. The van der Waals surface area contributed by atoms with Gasteiger partial charge in [-0.05, 0) is 24.3 Å². The number of methoxy groups -OCH3 is 1. The quantitative estimate of drug-likeness (QED) is 0.351. The molecule has 0 spiro atoms. The van der Waals surface area contributed by atoms with E-state index in [-0.39, 0.29) is 22.9 Å². The molecular formula is C21H21N7O4. The van der Waals surface area contributed by atoms with E-state index < -0.39 is 10.9 Å². The van der Waals surface area contributed by atoms with E-state index in [9.17, 15) is 14.9 Å². The van der Waals surface area contributed by atoms with Crippen LogP contribution in [0.25, 0.3) is 0 Å². The lowest BCUT2D eigenvalue weighted by Gasteiger charge is -2.35. The van der Waals surface area contributed by atoms with Crippen molar-refractivity contribution in [3.63, 3.8) is 0 Å². The number of nitro groups is 1. The Kier molecular flexibility index (Phi) is 6.06. The van der Waals surface area contributed by atoms with Gasteiger partial charge in [-0.2, -0.15) is 0 Å². The minimum Gasteiger partial charge on any atom is -0.465 e. The van der Waals surface area contributed by atoms with Crippen molar-refractivity contribution in [1.82, 2.24) is 15.0 Å². The van der Waals surface area contributed by atoms with Gasteiger partial charge in [0.05, 0.1) is 23.3 Å². The molecule has 164 valence electrons. The molecule has 1 aliphatic rings. The number of hydrogen-bond donors (Lipinski definition) is 1.